The Morgan fingerprint density at radius 2 is 2.50 bits per heavy atom. The molecule has 0 atom stereocenters. The summed E-state index contributed by atoms with van der Waals surface area (Å²) in [6, 6.07) is 0. The zero-order valence-electron chi connectivity index (χ0n) is 7.28. The minimum Gasteiger partial charge on any atom is -0.346 e. The molecule has 0 radical (unpaired) electrons. The molecule has 4 heteroatoms. The van der Waals surface area contributed by atoms with E-state index < -0.39 is 0 Å². The first-order valence-electron chi connectivity index (χ1n) is 3.80. The van der Waals surface area contributed by atoms with Crippen LogP contribution in [0.5, 0.6) is 0 Å². The second-order valence-corrected chi connectivity index (χ2v) is 3.60. The molecule has 66 valence electrons. The first-order valence-corrected chi connectivity index (χ1v) is 4.68. The highest BCUT2D eigenvalue weighted by Crippen LogP contribution is 2.04. The highest BCUT2D eigenvalue weighted by atomic mass is 32.1. The van der Waals surface area contributed by atoms with Gasteiger partial charge in [0, 0.05) is 38.5 Å². The van der Waals surface area contributed by atoms with Crippen LogP contribution in [0.15, 0.2) is 11.6 Å². The summed E-state index contributed by atoms with van der Waals surface area (Å²) in [5, 5.41) is 3.03. The number of aromatic nitrogens is 1. The molecule has 0 unspecified atom stereocenters. The zero-order chi connectivity index (χ0) is 8.97. The van der Waals surface area contributed by atoms with Crippen molar-refractivity contribution in [1.29, 1.82) is 0 Å². The van der Waals surface area contributed by atoms with Gasteiger partial charge < -0.3 is 4.90 Å². The number of thiazole rings is 1. The van der Waals surface area contributed by atoms with Crippen molar-refractivity contribution in [2.24, 2.45) is 0 Å². The third kappa shape index (κ3) is 2.62. The Bertz CT molecular complexity index is 246. The third-order valence-corrected chi connectivity index (χ3v) is 2.52. The molecule has 1 aromatic heterocycles. The molecular weight excluding hydrogens is 172 g/mol. The van der Waals surface area contributed by atoms with E-state index in [4.69, 9.17) is 0 Å². The molecule has 3 nitrogen and oxygen atoms in total. The number of carbonyl (C=O) groups excluding carboxylic acids is 1. The number of likely N-dealkylation sites (N-methyl/N-ethyl adjacent to an activating group) is 1. The standard InChI is InChI=1S/C8H12N2OS/c1-7(11)10(2)5-3-8-9-4-6-12-8/h4,6H,3,5H2,1-2H3. The van der Waals surface area contributed by atoms with Crippen molar-refractivity contribution in [3.8, 4) is 0 Å². The fourth-order valence-corrected chi connectivity index (χ4v) is 1.41. The van der Waals surface area contributed by atoms with E-state index in [1.807, 2.05) is 5.38 Å². The Balaban J connectivity index is 2.31. The zero-order valence-corrected chi connectivity index (χ0v) is 8.10. The van der Waals surface area contributed by atoms with Gasteiger partial charge in [0.1, 0.15) is 0 Å². The SMILES string of the molecule is CC(=O)N(C)CCc1nccs1. The second kappa shape index (κ2) is 4.21. The van der Waals surface area contributed by atoms with Crippen molar-refractivity contribution < 1.29 is 4.79 Å². The predicted molar refractivity (Wildman–Crippen MR) is 49.1 cm³/mol. The van der Waals surface area contributed by atoms with E-state index in [1.54, 1.807) is 36.4 Å². The van der Waals surface area contributed by atoms with Crippen LogP contribution in [0.2, 0.25) is 0 Å². The van der Waals surface area contributed by atoms with Crippen molar-refractivity contribution in [2.75, 3.05) is 13.6 Å². The summed E-state index contributed by atoms with van der Waals surface area (Å²) >= 11 is 1.63. The van der Waals surface area contributed by atoms with Gasteiger partial charge >= 0.3 is 0 Å². The summed E-state index contributed by atoms with van der Waals surface area (Å²) in [4.78, 5) is 16.6. The molecule has 0 aromatic carbocycles. The average molecular weight is 184 g/mol. The molecule has 0 spiro atoms. The largest absolute Gasteiger partial charge is 0.346 e. The van der Waals surface area contributed by atoms with Crippen LogP contribution < -0.4 is 0 Å². The number of hydrogen-bond donors (Lipinski definition) is 0. The molecule has 1 aromatic rings. The van der Waals surface area contributed by atoms with E-state index in [2.05, 4.69) is 4.98 Å². The van der Waals surface area contributed by atoms with Gasteiger partial charge in [0.05, 0.1) is 5.01 Å². The molecule has 0 aliphatic carbocycles. The van der Waals surface area contributed by atoms with Crippen molar-refractivity contribution in [3.63, 3.8) is 0 Å². The molecule has 0 aliphatic rings. The average Bonchev–Trinajstić information content (AvgIpc) is 2.51. The van der Waals surface area contributed by atoms with Gasteiger partial charge in [-0.05, 0) is 0 Å². The van der Waals surface area contributed by atoms with Gasteiger partial charge in [-0.15, -0.1) is 11.3 Å². The molecular formula is C8H12N2OS. The van der Waals surface area contributed by atoms with Crippen LogP contribution in [0.1, 0.15) is 11.9 Å². The normalized spacial score (nSPS) is 9.83. The molecule has 0 fully saturated rings. The number of hydrogen-bond acceptors (Lipinski definition) is 3. The molecule has 1 heterocycles. The summed E-state index contributed by atoms with van der Waals surface area (Å²) in [6.07, 6.45) is 2.64. The van der Waals surface area contributed by atoms with Crippen LogP contribution >= 0.6 is 11.3 Å². The van der Waals surface area contributed by atoms with E-state index in [9.17, 15) is 4.79 Å². The lowest BCUT2D eigenvalue weighted by Gasteiger charge is -2.12. The highest BCUT2D eigenvalue weighted by molar-refractivity contribution is 7.09. The van der Waals surface area contributed by atoms with Crippen LogP contribution in [0.4, 0.5) is 0 Å². The monoisotopic (exact) mass is 184 g/mol. The van der Waals surface area contributed by atoms with E-state index in [0.717, 1.165) is 18.0 Å². The molecule has 0 aliphatic heterocycles. The fourth-order valence-electron chi connectivity index (χ4n) is 0.797. The first kappa shape index (κ1) is 9.19. The molecule has 1 amide bonds. The van der Waals surface area contributed by atoms with Gasteiger partial charge in [-0.2, -0.15) is 0 Å². The fraction of sp³-hybridized carbons (Fsp3) is 0.500. The van der Waals surface area contributed by atoms with Crippen molar-refractivity contribution in [3.05, 3.63) is 16.6 Å². The maximum absolute atomic E-state index is 10.8. The molecule has 0 saturated carbocycles. The van der Waals surface area contributed by atoms with Gasteiger partial charge in [0.2, 0.25) is 5.91 Å². The molecule has 0 N–H and O–H groups in total. The summed E-state index contributed by atoms with van der Waals surface area (Å²) in [5.74, 6) is 0.103. The number of nitrogens with zero attached hydrogens (tertiary/aromatic N) is 2. The van der Waals surface area contributed by atoms with Crippen LogP contribution in [-0.4, -0.2) is 29.4 Å². The highest BCUT2D eigenvalue weighted by Gasteiger charge is 2.02. The second-order valence-electron chi connectivity index (χ2n) is 2.62. The first-order chi connectivity index (χ1) is 5.70. The maximum atomic E-state index is 10.8. The van der Waals surface area contributed by atoms with Gasteiger partial charge in [-0.1, -0.05) is 0 Å². The van der Waals surface area contributed by atoms with E-state index >= 15 is 0 Å². The Labute approximate surface area is 76.0 Å². The van der Waals surface area contributed by atoms with E-state index in [0.29, 0.717) is 0 Å². The number of rotatable bonds is 3. The number of amides is 1. The van der Waals surface area contributed by atoms with Crippen molar-refractivity contribution >= 4 is 17.2 Å². The molecule has 0 bridgehead atoms. The predicted octanol–water partition coefficient (Wildman–Crippen LogP) is 1.16. The Hall–Kier alpha value is -0.900. The van der Waals surface area contributed by atoms with Gasteiger partial charge in [-0.25, -0.2) is 4.98 Å². The van der Waals surface area contributed by atoms with Crippen LogP contribution in [0, 0.1) is 0 Å². The maximum Gasteiger partial charge on any atom is 0.219 e. The van der Waals surface area contributed by atoms with Gasteiger partial charge in [0.15, 0.2) is 0 Å². The van der Waals surface area contributed by atoms with Crippen molar-refractivity contribution in [1.82, 2.24) is 9.88 Å². The summed E-state index contributed by atoms with van der Waals surface area (Å²) < 4.78 is 0. The summed E-state index contributed by atoms with van der Waals surface area (Å²) in [5.41, 5.74) is 0. The molecule has 0 saturated heterocycles. The minimum atomic E-state index is 0.103. The smallest absolute Gasteiger partial charge is 0.219 e. The lowest BCUT2D eigenvalue weighted by atomic mass is 10.4. The lowest BCUT2D eigenvalue weighted by Crippen LogP contribution is -2.25. The van der Waals surface area contributed by atoms with Gasteiger partial charge in [0.25, 0.3) is 0 Å². The van der Waals surface area contributed by atoms with Crippen LogP contribution in [0.25, 0.3) is 0 Å². The quantitative estimate of drug-likeness (QED) is 0.706. The third-order valence-electron chi connectivity index (χ3n) is 1.68. The van der Waals surface area contributed by atoms with E-state index in [1.165, 1.54) is 0 Å². The van der Waals surface area contributed by atoms with Gasteiger partial charge in [-0.3, -0.25) is 4.79 Å². The Morgan fingerprint density at radius 3 is 3.00 bits per heavy atom. The lowest BCUT2D eigenvalue weighted by molar-refractivity contribution is -0.127. The topological polar surface area (TPSA) is 33.2 Å². The summed E-state index contributed by atoms with van der Waals surface area (Å²) in [6.45, 7) is 2.32. The van der Waals surface area contributed by atoms with Crippen LogP contribution in [-0.2, 0) is 11.2 Å². The molecule has 1 rings (SSSR count). The molecule has 12 heavy (non-hydrogen) atoms. The number of carbonyl (C=O) groups is 1. The van der Waals surface area contributed by atoms with E-state index in [-0.39, 0.29) is 5.91 Å². The van der Waals surface area contributed by atoms with Crippen LogP contribution in [0.3, 0.4) is 0 Å². The Morgan fingerprint density at radius 1 is 1.75 bits per heavy atom. The minimum absolute atomic E-state index is 0.103. The Kier molecular flexibility index (Phi) is 3.22. The van der Waals surface area contributed by atoms with Crippen molar-refractivity contribution in [2.45, 2.75) is 13.3 Å². The summed E-state index contributed by atoms with van der Waals surface area (Å²) in [7, 11) is 1.80.